The summed E-state index contributed by atoms with van der Waals surface area (Å²) in [5, 5.41) is 3.47. The predicted octanol–water partition coefficient (Wildman–Crippen LogP) is 4.08. The molecule has 0 saturated carbocycles. The zero-order chi connectivity index (χ0) is 14.4. The predicted molar refractivity (Wildman–Crippen MR) is 83.7 cm³/mol. The Kier molecular flexibility index (Phi) is 5.83. The molecule has 0 saturated heterocycles. The average Bonchev–Trinajstić information content (AvgIpc) is 2.87. The quantitative estimate of drug-likeness (QED) is 0.826. The van der Waals surface area contributed by atoms with Gasteiger partial charge in [0.05, 0.1) is 6.04 Å². The Balaban J connectivity index is 2.13. The monoisotopic (exact) mass is 337 g/mol. The van der Waals surface area contributed by atoms with E-state index >= 15 is 0 Å². The van der Waals surface area contributed by atoms with Crippen molar-refractivity contribution in [2.24, 2.45) is 0 Å². The number of halogens is 1. The normalized spacial score (nSPS) is 12.6. The van der Waals surface area contributed by atoms with E-state index in [4.69, 9.17) is 9.15 Å². The van der Waals surface area contributed by atoms with Gasteiger partial charge in [-0.05, 0) is 42.8 Å². The lowest BCUT2D eigenvalue weighted by molar-refractivity contribution is 0.161. The van der Waals surface area contributed by atoms with Crippen LogP contribution in [0.15, 0.2) is 45.3 Å². The number of benzene rings is 1. The van der Waals surface area contributed by atoms with Crippen LogP contribution in [-0.4, -0.2) is 13.7 Å². The molecule has 1 N–H and O–H groups in total. The average molecular weight is 338 g/mol. The van der Waals surface area contributed by atoms with Crippen LogP contribution >= 0.6 is 15.9 Å². The Morgan fingerprint density at radius 2 is 2.15 bits per heavy atom. The second kappa shape index (κ2) is 7.62. The van der Waals surface area contributed by atoms with E-state index in [0.29, 0.717) is 6.61 Å². The van der Waals surface area contributed by atoms with Gasteiger partial charge in [0, 0.05) is 11.6 Å². The first kappa shape index (κ1) is 15.3. The van der Waals surface area contributed by atoms with Crippen LogP contribution in [-0.2, 0) is 17.8 Å². The maximum Gasteiger partial charge on any atom is 0.129 e. The summed E-state index contributed by atoms with van der Waals surface area (Å²) in [4.78, 5) is 0. The second-order valence-corrected chi connectivity index (χ2v) is 5.60. The van der Waals surface area contributed by atoms with Crippen molar-refractivity contribution in [2.45, 2.75) is 26.0 Å². The van der Waals surface area contributed by atoms with Crippen molar-refractivity contribution in [3.63, 3.8) is 0 Å². The molecule has 1 aromatic carbocycles. The summed E-state index contributed by atoms with van der Waals surface area (Å²) in [6.45, 7) is 3.52. The maximum absolute atomic E-state index is 5.84. The molecule has 1 heterocycles. The number of hydrogen-bond acceptors (Lipinski definition) is 3. The van der Waals surface area contributed by atoms with E-state index in [1.165, 1.54) is 5.56 Å². The standard InChI is InChI=1S/C16H20BrNO2/c1-3-18-15(10-12-5-4-6-13(17)9-12)16-8-7-14(20-16)11-19-2/h4-9,15,18H,3,10-11H2,1-2H3. The van der Waals surface area contributed by atoms with Crippen LogP contribution in [0.1, 0.15) is 30.0 Å². The molecule has 1 atom stereocenters. The fraction of sp³-hybridized carbons (Fsp3) is 0.375. The first-order chi connectivity index (χ1) is 9.72. The first-order valence-electron chi connectivity index (χ1n) is 6.78. The van der Waals surface area contributed by atoms with Crippen LogP contribution in [0.3, 0.4) is 0 Å². The van der Waals surface area contributed by atoms with Crippen LogP contribution < -0.4 is 5.32 Å². The smallest absolute Gasteiger partial charge is 0.129 e. The van der Waals surface area contributed by atoms with E-state index in [1.54, 1.807) is 7.11 Å². The highest BCUT2D eigenvalue weighted by atomic mass is 79.9. The van der Waals surface area contributed by atoms with Gasteiger partial charge in [0.1, 0.15) is 18.1 Å². The number of ether oxygens (including phenoxy) is 1. The fourth-order valence-corrected chi connectivity index (χ4v) is 2.67. The zero-order valence-corrected chi connectivity index (χ0v) is 13.4. The topological polar surface area (TPSA) is 34.4 Å². The number of furan rings is 1. The molecule has 1 aromatic heterocycles. The van der Waals surface area contributed by atoms with Gasteiger partial charge in [0.15, 0.2) is 0 Å². The summed E-state index contributed by atoms with van der Waals surface area (Å²) in [6, 6.07) is 12.6. The van der Waals surface area contributed by atoms with Gasteiger partial charge in [0.2, 0.25) is 0 Å². The molecule has 0 aliphatic heterocycles. The van der Waals surface area contributed by atoms with Crippen molar-refractivity contribution in [2.75, 3.05) is 13.7 Å². The molecule has 4 heteroatoms. The molecule has 0 bridgehead atoms. The fourth-order valence-electron chi connectivity index (χ4n) is 2.22. The molecule has 0 fully saturated rings. The summed E-state index contributed by atoms with van der Waals surface area (Å²) in [5.41, 5.74) is 1.27. The van der Waals surface area contributed by atoms with Crippen molar-refractivity contribution in [3.05, 3.63) is 58.0 Å². The molecule has 3 nitrogen and oxygen atoms in total. The van der Waals surface area contributed by atoms with Crippen molar-refractivity contribution >= 4 is 15.9 Å². The summed E-state index contributed by atoms with van der Waals surface area (Å²) in [6.07, 6.45) is 0.896. The number of nitrogens with one attached hydrogen (secondary N) is 1. The largest absolute Gasteiger partial charge is 0.462 e. The second-order valence-electron chi connectivity index (χ2n) is 4.68. The zero-order valence-electron chi connectivity index (χ0n) is 11.9. The van der Waals surface area contributed by atoms with Crippen LogP contribution in [0.2, 0.25) is 0 Å². The van der Waals surface area contributed by atoms with E-state index in [9.17, 15) is 0 Å². The van der Waals surface area contributed by atoms with Gasteiger partial charge in [-0.15, -0.1) is 0 Å². The van der Waals surface area contributed by atoms with E-state index in [0.717, 1.165) is 29.0 Å². The molecule has 0 aliphatic carbocycles. The van der Waals surface area contributed by atoms with E-state index in [2.05, 4.69) is 46.4 Å². The van der Waals surface area contributed by atoms with Crippen molar-refractivity contribution in [1.82, 2.24) is 5.32 Å². The number of likely N-dealkylation sites (N-methyl/N-ethyl adjacent to an activating group) is 1. The Labute approximate surface area is 128 Å². The molecule has 0 radical (unpaired) electrons. The molecular formula is C16H20BrNO2. The van der Waals surface area contributed by atoms with Gasteiger partial charge in [-0.2, -0.15) is 0 Å². The van der Waals surface area contributed by atoms with E-state index < -0.39 is 0 Å². The third-order valence-electron chi connectivity index (χ3n) is 3.09. The van der Waals surface area contributed by atoms with Crippen LogP contribution in [0, 0.1) is 0 Å². The van der Waals surface area contributed by atoms with Gasteiger partial charge >= 0.3 is 0 Å². The molecule has 0 aliphatic rings. The molecule has 108 valence electrons. The van der Waals surface area contributed by atoms with Crippen LogP contribution in [0.5, 0.6) is 0 Å². The third kappa shape index (κ3) is 4.20. The number of rotatable bonds is 7. The van der Waals surface area contributed by atoms with Crippen LogP contribution in [0.4, 0.5) is 0 Å². The molecule has 2 aromatic rings. The molecule has 2 rings (SSSR count). The minimum Gasteiger partial charge on any atom is -0.462 e. The molecule has 0 amide bonds. The van der Waals surface area contributed by atoms with Crippen molar-refractivity contribution < 1.29 is 9.15 Å². The van der Waals surface area contributed by atoms with Gasteiger partial charge in [-0.3, -0.25) is 0 Å². The van der Waals surface area contributed by atoms with Crippen molar-refractivity contribution in [3.8, 4) is 0 Å². The lowest BCUT2D eigenvalue weighted by Crippen LogP contribution is -2.22. The number of hydrogen-bond donors (Lipinski definition) is 1. The molecular weight excluding hydrogens is 318 g/mol. The van der Waals surface area contributed by atoms with Gasteiger partial charge < -0.3 is 14.5 Å². The van der Waals surface area contributed by atoms with Crippen molar-refractivity contribution in [1.29, 1.82) is 0 Å². The van der Waals surface area contributed by atoms with Gasteiger partial charge in [-0.1, -0.05) is 35.0 Å². The minimum atomic E-state index is 0.180. The molecule has 0 spiro atoms. The highest BCUT2D eigenvalue weighted by Gasteiger charge is 2.15. The first-order valence-corrected chi connectivity index (χ1v) is 7.57. The minimum absolute atomic E-state index is 0.180. The third-order valence-corrected chi connectivity index (χ3v) is 3.59. The molecule has 1 unspecified atom stereocenters. The Morgan fingerprint density at radius 1 is 1.30 bits per heavy atom. The van der Waals surface area contributed by atoms with E-state index in [1.807, 2.05) is 18.2 Å². The summed E-state index contributed by atoms with van der Waals surface area (Å²) in [5.74, 6) is 1.82. The SMILES string of the molecule is CCNC(Cc1cccc(Br)c1)c1ccc(COC)o1. The Morgan fingerprint density at radius 3 is 2.85 bits per heavy atom. The maximum atomic E-state index is 5.84. The summed E-state index contributed by atoms with van der Waals surface area (Å²) >= 11 is 3.51. The van der Waals surface area contributed by atoms with Gasteiger partial charge in [-0.25, -0.2) is 0 Å². The Bertz CT molecular complexity index is 539. The summed E-state index contributed by atoms with van der Waals surface area (Å²) in [7, 11) is 1.67. The lowest BCUT2D eigenvalue weighted by atomic mass is 10.0. The van der Waals surface area contributed by atoms with Gasteiger partial charge in [0.25, 0.3) is 0 Å². The van der Waals surface area contributed by atoms with E-state index in [-0.39, 0.29) is 6.04 Å². The lowest BCUT2D eigenvalue weighted by Gasteiger charge is -2.16. The number of methoxy groups -OCH3 is 1. The highest BCUT2D eigenvalue weighted by Crippen LogP contribution is 2.23. The summed E-state index contributed by atoms with van der Waals surface area (Å²) < 4.78 is 12.0. The highest BCUT2D eigenvalue weighted by molar-refractivity contribution is 9.10. The van der Waals surface area contributed by atoms with Crippen LogP contribution in [0.25, 0.3) is 0 Å². The molecule has 20 heavy (non-hydrogen) atoms. The Hall–Kier alpha value is -1.10.